The Bertz CT molecular complexity index is 1550. The molecule has 8 unspecified atom stereocenters. The Morgan fingerprint density at radius 2 is 0.852 bits per heavy atom. The molecular weight excluding hydrogens is 1010 g/mol. The molecule has 1 rings (SSSR count). The summed E-state index contributed by atoms with van der Waals surface area (Å²) in [4.78, 5) is 26.6. The van der Waals surface area contributed by atoms with Gasteiger partial charge in [-0.15, -0.1) is 0 Å². The molecule has 0 bridgehead atoms. The maximum Gasteiger partial charge on any atom is 0.306 e. The fourth-order valence-electron chi connectivity index (χ4n) is 10.5. The predicted octanol–water partition coefficient (Wildman–Crippen LogP) is 17.0. The molecule has 0 saturated carbocycles. The van der Waals surface area contributed by atoms with Gasteiger partial charge in [0.25, 0.3) is 0 Å². The van der Waals surface area contributed by atoms with Crippen molar-refractivity contribution in [2.45, 2.75) is 359 Å². The highest BCUT2D eigenvalue weighted by Crippen LogP contribution is 2.26. The molecule has 11 nitrogen and oxygen atoms in total. The number of rotatable bonds is 58. The molecular formula is C70H127NO10. The summed E-state index contributed by atoms with van der Waals surface area (Å²) in [5.41, 5.74) is 0. The first-order valence-corrected chi connectivity index (χ1v) is 34.1. The Kier molecular flexibility index (Phi) is 54.5. The molecule has 1 fully saturated rings. The van der Waals surface area contributed by atoms with Gasteiger partial charge in [0.1, 0.15) is 24.4 Å². The number of aliphatic hydroxyl groups is 5. The van der Waals surface area contributed by atoms with Crippen LogP contribution in [-0.4, -0.2) is 99.6 Å². The summed E-state index contributed by atoms with van der Waals surface area (Å²) < 4.78 is 17.7. The van der Waals surface area contributed by atoms with E-state index in [9.17, 15) is 35.1 Å². The summed E-state index contributed by atoms with van der Waals surface area (Å²) >= 11 is 0. The van der Waals surface area contributed by atoms with Gasteiger partial charge >= 0.3 is 5.97 Å². The zero-order chi connectivity index (χ0) is 58.9. The van der Waals surface area contributed by atoms with Crippen LogP contribution in [-0.2, 0) is 23.8 Å². The second-order valence-corrected chi connectivity index (χ2v) is 23.6. The van der Waals surface area contributed by atoms with Gasteiger partial charge in [-0.1, -0.05) is 274 Å². The minimum atomic E-state index is -1.62. The van der Waals surface area contributed by atoms with Gasteiger partial charge in [-0.05, 0) is 89.9 Å². The summed E-state index contributed by atoms with van der Waals surface area (Å²) in [7, 11) is 0. The lowest BCUT2D eigenvalue weighted by molar-refractivity contribution is -0.305. The van der Waals surface area contributed by atoms with E-state index in [2.05, 4.69) is 74.7 Å². The van der Waals surface area contributed by atoms with E-state index in [1.54, 1.807) is 6.08 Å². The van der Waals surface area contributed by atoms with E-state index in [0.717, 1.165) is 83.5 Å². The second-order valence-electron chi connectivity index (χ2n) is 23.6. The zero-order valence-electron chi connectivity index (χ0n) is 52.4. The quantitative estimate of drug-likeness (QED) is 0.0195. The van der Waals surface area contributed by atoms with Gasteiger partial charge in [0, 0.05) is 6.42 Å². The lowest BCUT2D eigenvalue weighted by Crippen LogP contribution is -2.61. The molecule has 1 aliphatic rings. The lowest BCUT2D eigenvalue weighted by atomic mass is 9.99. The largest absolute Gasteiger partial charge is 0.454 e. The van der Waals surface area contributed by atoms with Crippen molar-refractivity contribution < 1.29 is 49.3 Å². The first-order valence-electron chi connectivity index (χ1n) is 34.1. The minimum Gasteiger partial charge on any atom is -0.454 e. The van der Waals surface area contributed by atoms with Gasteiger partial charge in [0.05, 0.1) is 25.4 Å². The zero-order valence-corrected chi connectivity index (χ0v) is 52.4. The maximum absolute atomic E-state index is 13.5. The molecule has 11 heteroatoms. The third kappa shape index (κ3) is 45.4. The smallest absolute Gasteiger partial charge is 0.306 e. The molecule has 0 spiro atoms. The van der Waals surface area contributed by atoms with Crippen molar-refractivity contribution in [2.24, 2.45) is 0 Å². The molecule has 1 heterocycles. The SMILES string of the molecule is CCCCC/C=C\C/C=C\C/C=C\CCCCCCCC(O)C(=O)NC(COC1OC(CO)C(O)C(O)C1OC(=O)CCCCCCCCCCCCC/C=C/CCCCCCCC)C(O)/C=C/CCCCCCCCCCCCC. The number of ether oxygens (including phenoxy) is 3. The molecule has 0 aromatic heterocycles. The Hall–Kier alpha value is -2.64. The standard InChI is InChI=1S/C70H127NO10/c1-4-7-10-13-16-19-22-25-27-29-31-32-33-35-37-40-43-46-49-52-55-58-65(75)81-68-67(77)66(76)64(59-72)80-70(68)79-60-61(62(73)56-53-50-47-44-41-38-24-21-18-15-12-9-6-3)71-69(78)63(74)57-54-51-48-45-42-39-36-34-30-28-26-23-20-17-14-11-8-5-2/h17,20,25-28,34,36,53,56,61-64,66-68,70,72-74,76-77H,4-16,18-19,21-24,29-33,35,37-52,54-55,57-60H2,1-3H3,(H,71,78)/b20-17-,27-25+,28-26-,36-34-,56-53+. The number of hydrogen-bond acceptors (Lipinski definition) is 10. The van der Waals surface area contributed by atoms with E-state index in [1.807, 2.05) is 6.08 Å². The summed E-state index contributed by atoms with van der Waals surface area (Å²) in [5.74, 6) is -1.20. The van der Waals surface area contributed by atoms with E-state index in [1.165, 1.54) is 180 Å². The number of allylic oxidation sites excluding steroid dienone is 9. The summed E-state index contributed by atoms with van der Waals surface area (Å²) in [6.07, 6.45) is 62.5. The van der Waals surface area contributed by atoms with Gasteiger partial charge in [0.2, 0.25) is 5.91 Å². The van der Waals surface area contributed by atoms with Crippen LogP contribution in [0.25, 0.3) is 0 Å². The molecule has 81 heavy (non-hydrogen) atoms. The van der Waals surface area contributed by atoms with Crippen LogP contribution in [0, 0.1) is 0 Å². The van der Waals surface area contributed by atoms with E-state index in [4.69, 9.17) is 14.2 Å². The molecule has 1 aliphatic heterocycles. The lowest BCUT2D eigenvalue weighted by Gasteiger charge is -2.41. The fourth-order valence-corrected chi connectivity index (χ4v) is 10.5. The van der Waals surface area contributed by atoms with E-state index >= 15 is 0 Å². The molecule has 1 saturated heterocycles. The molecule has 0 radical (unpaired) electrons. The van der Waals surface area contributed by atoms with Crippen LogP contribution in [0.1, 0.15) is 310 Å². The number of hydrogen-bond donors (Lipinski definition) is 6. The Balaban J connectivity index is 2.64. The van der Waals surface area contributed by atoms with Crippen LogP contribution < -0.4 is 5.32 Å². The van der Waals surface area contributed by atoms with Gasteiger partial charge in [0.15, 0.2) is 12.4 Å². The van der Waals surface area contributed by atoms with Crippen LogP contribution in [0.5, 0.6) is 0 Å². The van der Waals surface area contributed by atoms with E-state index in [-0.39, 0.29) is 19.4 Å². The van der Waals surface area contributed by atoms with E-state index < -0.39 is 67.4 Å². The highest BCUT2D eigenvalue weighted by atomic mass is 16.7. The normalized spacial score (nSPS) is 19.0. The molecule has 1 amide bonds. The molecule has 8 atom stereocenters. The summed E-state index contributed by atoms with van der Waals surface area (Å²) in [6.45, 7) is 5.78. The molecule has 0 aliphatic carbocycles. The third-order valence-electron chi connectivity index (χ3n) is 15.9. The average Bonchev–Trinajstić information content (AvgIpc) is 3.46. The molecule has 0 aromatic carbocycles. The van der Waals surface area contributed by atoms with Crippen molar-refractivity contribution >= 4 is 11.9 Å². The van der Waals surface area contributed by atoms with Gasteiger partial charge in [-0.3, -0.25) is 9.59 Å². The van der Waals surface area contributed by atoms with Crippen LogP contribution in [0.2, 0.25) is 0 Å². The second kappa shape index (κ2) is 57.8. The van der Waals surface area contributed by atoms with Crippen molar-refractivity contribution in [1.82, 2.24) is 5.32 Å². The molecule has 472 valence electrons. The number of aliphatic hydroxyl groups excluding tert-OH is 5. The number of unbranched alkanes of at least 4 members (excludes halogenated alkanes) is 36. The highest BCUT2D eigenvalue weighted by molar-refractivity contribution is 5.80. The van der Waals surface area contributed by atoms with Crippen molar-refractivity contribution in [3.05, 3.63) is 60.8 Å². The number of esters is 1. The van der Waals surface area contributed by atoms with Crippen LogP contribution in [0.15, 0.2) is 60.8 Å². The first kappa shape index (κ1) is 76.4. The topological polar surface area (TPSA) is 175 Å². The number of carbonyl (C=O) groups excluding carboxylic acids is 2. The number of amides is 1. The maximum atomic E-state index is 13.5. The monoisotopic (exact) mass is 1140 g/mol. The van der Waals surface area contributed by atoms with Crippen molar-refractivity contribution in [3.63, 3.8) is 0 Å². The third-order valence-corrected chi connectivity index (χ3v) is 15.9. The van der Waals surface area contributed by atoms with Gasteiger partial charge < -0.3 is 45.1 Å². The fraction of sp³-hybridized carbons (Fsp3) is 0.829. The molecule has 0 aromatic rings. The minimum absolute atomic E-state index is 0.121. The summed E-state index contributed by atoms with van der Waals surface area (Å²) in [5, 5.41) is 57.2. The number of nitrogens with one attached hydrogen (secondary N) is 1. The van der Waals surface area contributed by atoms with Gasteiger partial charge in [-0.25, -0.2) is 0 Å². The van der Waals surface area contributed by atoms with Crippen molar-refractivity contribution in [1.29, 1.82) is 0 Å². The Labute approximate surface area is 497 Å². The Morgan fingerprint density at radius 3 is 1.31 bits per heavy atom. The Morgan fingerprint density at radius 1 is 0.481 bits per heavy atom. The molecule has 6 N–H and O–H groups in total. The number of carbonyl (C=O) groups is 2. The summed E-state index contributed by atoms with van der Waals surface area (Å²) in [6, 6.07) is -1.03. The van der Waals surface area contributed by atoms with Crippen molar-refractivity contribution in [3.8, 4) is 0 Å². The first-order chi connectivity index (χ1) is 39.7. The average molecular weight is 1140 g/mol. The van der Waals surface area contributed by atoms with Crippen LogP contribution >= 0.6 is 0 Å². The van der Waals surface area contributed by atoms with Crippen LogP contribution in [0.3, 0.4) is 0 Å². The van der Waals surface area contributed by atoms with Crippen molar-refractivity contribution in [2.75, 3.05) is 13.2 Å². The highest BCUT2D eigenvalue weighted by Gasteiger charge is 2.47. The predicted molar refractivity (Wildman–Crippen MR) is 338 cm³/mol. The van der Waals surface area contributed by atoms with Crippen LogP contribution in [0.4, 0.5) is 0 Å². The van der Waals surface area contributed by atoms with E-state index in [0.29, 0.717) is 12.8 Å². The van der Waals surface area contributed by atoms with Gasteiger partial charge in [-0.2, -0.15) is 0 Å².